The molecule has 4 nitrogen and oxygen atoms in total. The van der Waals surface area contributed by atoms with Gasteiger partial charge >= 0.3 is 0 Å². The second-order valence-electron chi connectivity index (χ2n) is 4.52. The van der Waals surface area contributed by atoms with E-state index in [-0.39, 0.29) is 5.54 Å². The van der Waals surface area contributed by atoms with Crippen LogP contribution in [0.1, 0.15) is 6.42 Å². The first kappa shape index (κ1) is 10.4. The maximum atomic E-state index is 5.90. The first-order chi connectivity index (χ1) is 6.77. The Hall–Kier alpha value is -0.160. The first-order valence-corrected chi connectivity index (χ1v) is 5.48. The van der Waals surface area contributed by atoms with E-state index < -0.39 is 0 Å². The number of nitrogens with zero attached hydrogens (tertiary/aromatic N) is 2. The van der Waals surface area contributed by atoms with Gasteiger partial charge in [0.15, 0.2) is 0 Å². The second kappa shape index (κ2) is 4.14. The molecule has 2 heterocycles. The van der Waals surface area contributed by atoms with E-state index >= 15 is 0 Å². The van der Waals surface area contributed by atoms with E-state index in [2.05, 4.69) is 16.8 Å². The minimum Gasteiger partial charge on any atom is -0.379 e. The van der Waals surface area contributed by atoms with Crippen LogP contribution in [0.4, 0.5) is 0 Å². The molecule has 2 rings (SSSR count). The quantitative estimate of drug-likeness (QED) is 0.642. The number of piperazine rings is 1. The van der Waals surface area contributed by atoms with Gasteiger partial charge in [-0.3, -0.25) is 4.90 Å². The van der Waals surface area contributed by atoms with Crippen molar-refractivity contribution in [2.45, 2.75) is 12.0 Å². The molecule has 1 atom stereocenters. The van der Waals surface area contributed by atoms with Gasteiger partial charge in [-0.1, -0.05) is 0 Å². The largest absolute Gasteiger partial charge is 0.379 e. The summed E-state index contributed by atoms with van der Waals surface area (Å²) in [5, 5.41) is 0. The average molecular weight is 199 g/mol. The molecule has 0 saturated carbocycles. The Bertz CT molecular complexity index is 184. The molecule has 4 heteroatoms. The number of nitrogens with two attached hydrogens (primary N) is 1. The Morgan fingerprint density at radius 2 is 2.00 bits per heavy atom. The highest BCUT2D eigenvalue weighted by atomic mass is 16.5. The van der Waals surface area contributed by atoms with Gasteiger partial charge in [0.25, 0.3) is 0 Å². The van der Waals surface area contributed by atoms with Gasteiger partial charge in [-0.25, -0.2) is 0 Å². The molecule has 0 aliphatic carbocycles. The Labute approximate surface area is 86.0 Å². The van der Waals surface area contributed by atoms with E-state index in [4.69, 9.17) is 10.5 Å². The molecule has 0 aromatic heterocycles. The summed E-state index contributed by atoms with van der Waals surface area (Å²) in [4.78, 5) is 4.90. The number of likely N-dealkylation sites (N-methyl/N-ethyl adjacent to an activating group) is 1. The minimum absolute atomic E-state index is 0.154. The van der Waals surface area contributed by atoms with Crippen LogP contribution in [-0.2, 0) is 4.74 Å². The molecule has 0 spiro atoms. The molecule has 0 aromatic carbocycles. The summed E-state index contributed by atoms with van der Waals surface area (Å²) >= 11 is 0. The molecule has 2 aliphatic rings. The van der Waals surface area contributed by atoms with E-state index in [0.29, 0.717) is 0 Å². The molecule has 14 heavy (non-hydrogen) atoms. The number of rotatable bonds is 2. The lowest BCUT2D eigenvalue weighted by molar-refractivity contribution is 0.0344. The van der Waals surface area contributed by atoms with Crippen molar-refractivity contribution < 1.29 is 4.74 Å². The van der Waals surface area contributed by atoms with Crippen molar-refractivity contribution in [1.29, 1.82) is 0 Å². The van der Waals surface area contributed by atoms with Crippen molar-refractivity contribution in [3.63, 3.8) is 0 Å². The van der Waals surface area contributed by atoms with E-state index in [9.17, 15) is 0 Å². The summed E-state index contributed by atoms with van der Waals surface area (Å²) in [6.07, 6.45) is 1.10. The van der Waals surface area contributed by atoms with Gasteiger partial charge in [0.2, 0.25) is 0 Å². The molecule has 2 aliphatic heterocycles. The fourth-order valence-electron chi connectivity index (χ4n) is 2.42. The fourth-order valence-corrected chi connectivity index (χ4v) is 2.42. The maximum Gasteiger partial charge on any atom is 0.0663 e. The molecule has 0 amide bonds. The van der Waals surface area contributed by atoms with Crippen LogP contribution in [0.3, 0.4) is 0 Å². The molecule has 1 unspecified atom stereocenters. The summed E-state index contributed by atoms with van der Waals surface area (Å²) in [5.41, 5.74) is 6.05. The van der Waals surface area contributed by atoms with Gasteiger partial charge in [0.1, 0.15) is 0 Å². The highest BCUT2D eigenvalue weighted by molar-refractivity contribution is 4.96. The molecule has 0 aromatic rings. The third-order valence-corrected chi connectivity index (χ3v) is 3.64. The van der Waals surface area contributed by atoms with Crippen molar-refractivity contribution in [3.8, 4) is 0 Å². The third kappa shape index (κ3) is 1.80. The molecular formula is C10H21N3O. The average Bonchev–Trinajstić information content (AvgIpc) is 2.68. The summed E-state index contributed by atoms with van der Waals surface area (Å²) in [7, 11) is 2.18. The lowest BCUT2D eigenvalue weighted by Gasteiger charge is -2.43. The van der Waals surface area contributed by atoms with Gasteiger partial charge in [-0.05, 0) is 13.5 Å². The third-order valence-electron chi connectivity index (χ3n) is 3.64. The lowest BCUT2D eigenvalue weighted by Crippen LogP contribution is -2.60. The number of ether oxygens (including phenoxy) is 1. The van der Waals surface area contributed by atoms with E-state index in [1.165, 1.54) is 0 Å². The van der Waals surface area contributed by atoms with Crippen LogP contribution in [-0.4, -0.2) is 68.3 Å². The molecule has 0 bridgehead atoms. The van der Waals surface area contributed by atoms with Crippen LogP contribution in [0.2, 0.25) is 0 Å². The smallest absolute Gasteiger partial charge is 0.0663 e. The highest BCUT2D eigenvalue weighted by Crippen LogP contribution is 2.26. The summed E-state index contributed by atoms with van der Waals surface area (Å²) in [6, 6.07) is 0. The Balaban J connectivity index is 1.98. The van der Waals surface area contributed by atoms with Crippen molar-refractivity contribution in [2.24, 2.45) is 5.73 Å². The predicted octanol–water partition coefficient (Wildman–Crippen LogP) is -0.648. The van der Waals surface area contributed by atoms with Crippen LogP contribution in [0.15, 0.2) is 0 Å². The number of hydrogen-bond acceptors (Lipinski definition) is 4. The second-order valence-corrected chi connectivity index (χ2v) is 4.52. The first-order valence-electron chi connectivity index (χ1n) is 5.48. The topological polar surface area (TPSA) is 41.7 Å². The minimum atomic E-state index is 0.154. The van der Waals surface area contributed by atoms with Crippen molar-refractivity contribution in [2.75, 3.05) is 53.0 Å². The van der Waals surface area contributed by atoms with Crippen LogP contribution in [0, 0.1) is 0 Å². The molecule has 2 saturated heterocycles. The molecule has 2 fully saturated rings. The normalized spacial score (nSPS) is 36.4. The molecule has 82 valence electrons. The van der Waals surface area contributed by atoms with Gasteiger partial charge in [-0.15, -0.1) is 0 Å². The standard InChI is InChI=1S/C10H21N3O/c1-12-3-5-13(6-4-12)10(8-11)2-7-14-9-10/h2-9,11H2,1H3. The van der Waals surface area contributed by atoms with Crippen LogP contribution in [0.25, 0.3) is 0 Å². The van der Waals surface area contributed by atoms with Gasteiger partial charge < -0.3 is 15.4 Å². The maximum absolute atomic E-state index is 5.90. The Kier molecular flexibility index (Phi) is 3.07. The monoisotopic (exact) mass is 199 g/mol. The Morgan fingerprint density at radius 1 is 1.29 bits per heavy atom. The van der Waals surface area contributed by atoms with Crippen LogP contribution < -0.4 is 5.73 Å². The predicted molar refractivity (Wildman–Crippen MR) is 56.3 cm³/mol. The zero-order valence-corrected chi connectivity index (χ0v) is 9.04. The summed E-state index contributed by atoms with van der Waals surface area (Å²) in [6.45, 7) is 7.02. The highest BCUT2D eigenvalue weighted by Gasteiger charge is 2.40. The molecule has 0 radical (unpaired) electrons. The molecule has 2 N–H and O–H groups in total. The Morgan fingerprint density at radius 3 is 2.50 bits per heavy atom. The van der Waals surface area contributed by atoms with Crippen molar-refractivity contribution >= 4 is 0 Å². The van der Waals surface area contributed by atoms with Crippen LogP contribution in [0.5, 0.6) is 0 Å². The number of hydrogen-bond donors (Lipinski definition) is 1. The van der Waals surface area contributed by atoms with E-state index in [0.717, 1.165) is 52.4 Å². The van der Waals surface area contributed by atoms with Gasteiger partial charge in [0.05, 0.1) is 12.1 Å². The zero-order chi connectivity index (χ0) is 10.0. The van der Waals surface area contributed by atoms with E-state index in [1.807, 2.05) is 0 Å². The van der Waals surface area contributed by atoms with E-state index in [1.54, 1.807) is 0 Å². The van der Waals surface area contributed by atoms with Crippen molar-refractivity contribution in [3.05, 3.63) is 0 Å². The van der Waals surface area contributed by atoms with Crippen molar-refractivity contribution in [1.82, 2.24) is 9.80 Å². The lowest BCUT2D eigenvalue weighted by atomic mass is 9.95. The molecular weight excluding hydrogens is 178 g/mol. The zero-order valence-electron chi connectivity index (χ0n) is 9.04. The SMILES string of the molecule is CN1CCN(C2(CN)CCOC2)CC1. The fraction of sp³-hybridized carbons (Fsp3) is 1.00. The van der Waals surface area contributed by atoms with Crippen LogP contribution >= 0.6 is 0 Å². The van der Waals surface area contributed by atoms with Gasteiger partial charge in [-0.2, -0.15) is 0 Å². The summed E-state index contributed by atoms with van der Waals surface area (Å²) in [5.74, 6) is 0. The van der Waals surface area contributed by atoms with Gasteiger partial charge in [0, 0.05) is 39.3 Å². The summed E-state index contributed by atoms with van der Waals surface area (Å²) < 4.78 is 5.50.